The van der Waals surface area contributed by atoms with Crippen molar-refractivity contribution in [3.63, 3.8) is 0 Å². The Labute approximate surface area is 160 Å². The molecule has 0 radical (unpaired) electrons. The molecule has 0 aliphatic rings. The van der Waals surface area contributed by atoms with E-state index in [2.05, 4.69) is 4.72 Å². The summed E-state index contributed by atoms with van der Waals surface area (Å²) in [5.74, 6) is -1.22. The Morgan fingerprint density at radius 1 is 1.11 bits per heavy atom. The molecule has 0 saturated heterocycles. The molecule has 0 amide bonds. The number of rotatable bonds is 8. The number of sulfonamides is 1. The van der Waals surface area contributed by atoms with Crippen molar-refractivity contribution in [1.29, 1.82) is 0 Å². The molecule has 27 heavy (non-hydrogen) atoms. The number of carboxylic acid groups (broad SMARTS) is 1. The van der Waals surface area contributed by atoms with Gasteiger partial charge in [0.1, 0.15) is 0 Å². The van der Waals surface area contributed by atoms with Crippen LogP contribution < -0.4 is 4.72 Å². The van der Waals surface area contributed by atoms with Crippen molar-refractivity contribution in [2.75, 3.05) is 20.6 Å². The first-order chi connectivity index (χ1) is 12.6. The van der Waals surface area contributed by atoms with Crippen LogP contribution in [0.3, 0.4) is 0 Å². The molecule has 7 heteroatoms. The van der Waals surface area contributed by atoms with Crippen LogP contribution in [-0.2, 0) is 10.0 Å². The molecule has 0 saturated carbocycles. The summed E-state index contributed by atoms with van der Waals surface area (Å²) in [6.07, 6.45) is 0. The Balaban J connectivity index is 2.49. The third-order valence-corrected chi connectivity index (χ3v) is 5.75. The maximum absolute atomic E-state index is 13.2. The molecule has 2 N–H and O–H groups in total. The normalized spacial score (nSPS) is 13.1. The Morgan fingerprint density at radius 2 is 1.74 bits per heavy atom. The Hall–Kier alpha value is -2.22. The lowest BCUT2D eigenvalue weighted by Crippen LogP contribution is -2.35. The summed E-state index contributed by atoms with van der Waals surface area (Å²) in [6, 6.07) is 13.1. The first-order valence-electron chi connectivity index (χ1n) is 8.71. The second-order valence-electron chi connectivity index (χ2n) is 7.06. The molecule has 0 fully saturated rings. The first-order valence-corrected chi connectivity index (χ1v) is 10.2. The lowest BCUT2D eigenvalue weighted by Gasteiger charge is -2.24. The second kappa shape index (κ2) is 8.65. The standard InChI is InChI=1S/C20H26N2O4S/c1-14(2)17-11-10-16(20(23)24)12-19(17)27(25,26)21-18(13-22(3)4)15-8-6-5-7-9-15/h5-12,14,18,21H,13H2,1-4H3,(H,23,24). The summed E-state index contributed by atoms with van der Waals surface area (Å²) >= 11 is 0. The van der Waals surface area contributed by atoms with Crippen molar-refractivity contribution in [1.82, 2.24) is 9.62 Å². The number of nitrogens with one attached hydrogen (secondary N) is 1. The Kier molecular flexibility index (Phi) is 6.75. The molecule has 1 unspecified atom stereocenters. The van der Waals surface area contributed by atoms with E-state index in [-0.39, 0.29) is 16.4 Å². The van der Waals surface area contributed by atoms with Gasteiger partial charge < -0.3 is 10.0 Å². The molecule has 146 valence electrons. The van der Waals surface area contributed by atoms with Gasteiger partial charge in [-0.05, 0) is 43.3 Å². The third kappa shape index (κ3) is 5.38. The van der Waals surface area contributed by atoms with Crippen LogP contribution in [0.2, 0.25) is 0 Å². The molecule has 0 heterocycles. The van der Waals surface area contributed by atoms with Crippen molar-refractivity contribution >= 4 is 16.0 Å². The fraction of sp³-hybridized carbons (Fsp3) is 0.350. The van der Waals surface area contributed by atoms with Crippen LogP contribution in [0.15, 0.2) is 53.4 Å². The summed E-state index contributed by atoms with van der Waals surface area (Å²) in [4.78, 5) is 13.2. The van der Waals surface area contributed by atoms with Crippen molar-refractivity contribution in [2.45, 2.75) is 30.7 Å². The van der Waals surface area contributed by atoms with E-state index in [4.69, 9.17) is 0 Å². The van der Waals surface area contributed by atoms with Crippen molar-refractivity contribution < 1.29 is 18.3 Å². The maximum Gasteiger partial charge on any atom is 0.335 e. The van der Waals surface area contributed by atoms with Crippen molar-refractivity contribution in [2.24, 2.45) is 0 Å². The van der Waals surface area contributed by atoms with Gasteiger partial charge in [0.2, 0.25) is 10.0 Å². The number of carbonyl (C=O) groups is 1. The van der Waals surface area contributed by atoms with Gasteiger partial charge in [0, 0.05) is 6.54 Å². The number of nitrogens with zero attached hydrogens (tertiary/aromatic N) is 1. The topological polar surface area (TPSA) is 86.7 Å². The van der Waals surface area contributed by atoms with E-state index in [0.717, 1.165) is 5.56 Å². The van der Waals surface area contributed by atoms with Gasteiger partial charge >= 0.3 is 5.97 Å². The van der Waals surface area contributed by atoms with Crippen LogP contribution in [-0.4, -0.2) is 45.0 Å². The quantitative estimate of drug-likeness (QED) is 0.723. The van der Waals surface area contributed by atoms with E-state index in [0.29, 0.717) is 12.1 Å². The monoisotopic (exact) mass is 390 g/mol. The number of hydrogen-bond acceptors (Lipinski definition) is 4. The van der Waals surface area contributed by atoms with Crippen LogP contribution in [0, 0.1) is 0 Å². The molecule has 6 nitrogen and oxygen atoms in total. The number of carboxylic acids is 1. The van der Waals surface area contributed by atoms with E-state index in [1.165, 1.54) is 12.1 Å². The molecule has 0 aliphatic carbocycles. The van der Waals surface area contributed by atoms with Crippen LogP contribution in [0.4, 0.5) is 0 Å². The highest BCUT2D eigenvalue weighted by Gasteiger charge is 2.26. The number of aromatic carboxylic acids is 1. The van der Waals surface area contributed by atoms with Crippen LogP contribution in [0.5, 0.6) is 0 Å². The average molecular weight is 391 g/mol. The van der Waals surface area contributed by atoms with Crippen molar-refractivity contribution in [3.8, 4) is 0 Å². The Morgan fingerprint density at radius 3 is 2.26 bits per heavy atom. The molecule has 2 rings (SSSR count). The van der Waals surface area contributed by atoms with Gasteiger partial charge in [-0.3, -0.25) is 0 Å². The molecule has 0 aromatic heterocycles. The highest BCUT2D eigenvalue weighted by Crippen LogP contribution is 2.27. The summed E-state index contributed by atoms with van der Waals surface area (Å²) in [5, 5.41) is 9.26. The average Bonchev–Trinajstić information content (AvgIpc) is 2.60. The predicted octanol–water partition coefficient (Wildman–Crippen LogP) is 3.09. The summed E-state index contributed by atoms with van der Waals surface area (Å²) in [5.41, 5.74) is 1.38. The molecule has 2 aromatic carbocycles. The van der Waals surface area contributed by atoms with Gasteiger partial charge in [-0.15, -0.1) is 0 Å². The number of benzene rings is 2. The van der Waals surface area contributed by atoms with Gasteiger partial charge in [-0.25, -0.2) is 17.9 Å². The first kappa shape index (κ1) is 21.1. The minimum Gasteiger partial charge on any atom is -0.478 e. The SMILES string of the molecule is CC(C)c1ccc(C(=O)O)cc1S(=O)(=O)NC(CN(C)C)c1ccccc1. The zero-order valence-electron chi connectivity index (χ0n) is 16.0. The van der Waals surface area contributed by atoms with E-state index in [1.807, 2.05) is 63.2 Å². The number of hydrogen-bond donors (Lipinski definition) is 2. The van der Waals surface area contributed by atoms with E-state index >= 15 is 0 Å². The smallest absolute Gasteiger partial charge is 0.335 e. The van der Waals surface area contributed by atoms with Gasteiger partial charge in [0.15, 0.2) is 0 Å². The summed E-state index contributed by atoms with van der Waals surface area (Å²) in [6.45, 7) is 4.23. The van der Waals surface area contributed by atoms with Gasteiger partial charge in [-0.1, -0.05) is 50.2 Å². The highest BCUT2D eigenvalue weighted by atomic mass is 32.2. The fourth-order valence-electron chi connectivity index (χ4n) is 2.89. The molecule has 0 bridgehead atoms. The predicted molar refractivity (Wildman–Crippen MR) is 106 cm³/mol. The zero-order valence-corrected chi connectivity index (χ0v) is 16.8. The van der Waals surface area contributed by atoms with Crippen LogP contribution >= 0.6 is 0 Å². The second-order valence-corrected chi connectivity index (χ2v) is 8.74. The van der Waals surface area contributed by atoms with E-state index in [9.17, 15) is 18.3 Å². The molecule has 1 atom stereocenters. The molecule has 2 aromatic rings. The molecular formula is C20H26N2O4S. The lowest BCUT2D eigenvalue weighted by atomic mass is 10.0. The van der Waals surface area contributed by atoms with E-state index in [1.54, 1.807) is 6.07 Å². The Bertz CT molecular complexity index is 893. The maximum atomic E-state index is 13.2. The largest absolute Gasteiger partial charge is 0.478 e. The zero-order chi connectivity index (χ0) is 20.2. The molecule has 0 spiro atoms. The van der Waals surface area contributed by atoms with Crippen LogP contribution in [0.1, 0.15) is 47.3 Å². The minimum absolute atomic E-state index is 0.0112. The summed E-state index contributed by atoms with van der Waals surface area (Å²) in [7, 11) is -0.185. The summed E-state index contributed by atoms with van der Waals surface area (Å²) < 4.78 is 29.1. The molecule has 0 aliphatic heterocycles. The van der Waals surface area contributed by atoms with Crippen molar-refractivity contribution in [3.05, 3.63) is 65.2 Å². The minimum atomic E-state index is -3.92. The lowest BCUT2D eigenvalue weighted by molar-refractivity contribution is 0.0696. The fourth-order valence-corrected chi connectivity index (χ4v) is 4.50. The van der Waals surface area contributed by atoms with E-state index < -0.39 is 22.0 Å². The number of likely N-dealkylation sites (N-methyl/N-ethyl adjacent to an activating group) is 1. The highest BCUT2D eigenvalue weighted by molar-refractivity contribution is 7.89. The van der Waals surface area contributed by atoms with Gasteiger partial charge in [0.05, 0.1) is 16.5 Å². The van der Waals surface area contributed by atoms with Gasteiger partial charge in [-0.2, -0.15) is 0 Å². The van der Waals surface area contributed by atoms with Gasteiger partial charge in [0.25, 0.3) is 0 Å². The van der Waals surface area contributed by atoms with Crippen LogP contribution in [0.25, 0.3) is 0 Å². The molecular weight excluding hydrogens is 364 g/mol. The third-order valence-electron chi connectivity index (χ3n) is 4.22.